The lowest BCUT2D eigenvalue weighted by Crippen LogP contribution is -2.28. The Kier molecular flexibility index (Phi) is 5.19. The maximum atomic E-state index is 14.4. The Hall–Kier alpha value is -2.83. The van der Waals surface area contributed by atoms with Gasteiger partial charge >= 0.3 is 0 Å². The molecule has 4 aromatic rings. The quantitative estimate of drug-likeness (QED) is 0.283. The minimum Gasteiger partial charge on any atom is -0.376 e. The SMILES string of the molecule is O=C1C(=C2SC=CS2)C(O)(c2ccccc2)c2cc3ccc(F)cc3c(-c3ccc(Cl)cc3)c21. The van der Waals surface area contributed by atoms with Crippen LogP contribution in [0.3, 0.4) is 0 Å². The third kappa shape index (κ3) is 3.19. The predicted molar refractivity (Wildman–Crippen MR) is 139 cm³/mol. The summed E-state index contributed by atoms with van der Waals surface area (Å²) in [5.74, 6) is -0.646. The van der Waals surface area contributed by atoms with Gasteiger partial charge in [0, 0.05) is 21.7 Å². The molecule has 2 aliphatic rings. The lowest BCUT2D eigenvalue weighted by atomic mass is 9.83. The summed E-state index contributed by atoms with van der Waals surface area (Å²) in [6.45, 7) is 0. The molecule has 1 aliphatic heterocycles. The number of aliphatic hydroxyl groups is 1. The summed E-state index contributed by atoms with van der Waals surface area (Å²) in [4.78, 5) is 14.2. The summed E-state index contributed by atoms with van der Waals surface area (Å²) >= 11 is 8.99. The van der Waals surface area contributed by atoms with Crippen LogP contribution in [0.1, 0.15) is 21.5 Å². The summed E-state index contributed by atoms with van der Waals surface area (Å²) < 4.78 is 15.1. The number of thioether (sulfide) groups is 2. The third-order valence-electron chi connectivity index (χ3n) is 6.24. The van der Waals surface area contributed by atoms with Crippen LogP contribution in [0.15, 0.2) is 99.5 Å². The second kappa shape index (κ2) is 8.14. The van der Waals surface area contributed by atoms with E-state index >= 15 is 0 Å². The van der Waals surface area contributed by atoms with Crippen molar-refractivity contribution in [3.8, 4) is 11.1 Å². The van der Waals surface area contributed by atoms with Crippen molar-refractivity contribution in [2.24, 2.45) is 0 Å². The number of benzene rings is 4. The standard InChI is InChI=1S/C28H16ClFO2S2/c29-19-9-6-16(7-10-19)23-21-15-20(30)11-8-17(21)14-22-24(23)26(31)25(27-33-12-13-34-27)28(22,32)18-4-2-1-3-5-18/h1-15,32H. The highest BCUT2D eigenvalue weighted by Crippen LogP contribution is 2.55. The highest BCUT2D eigenvalue weighted by molar-refractivity contribution is 8.27. The second-order valence-electron chi connectivity index (χ2n) is 8.12. The van der Waals surface area contributed by atoms with E-state index in [1.165, 1.54) is 35.7 Å². The van der Waals surface area contributed by atoms with Crippen molar-refractivity contribution in [3.05, 3.63) is 127 Å². The molecule has 0 aromatic heterocycles. The number of hydrogen-bond donors (Lipinski definition) is 1. The first-order valence-corrected chi connectivity index (χ1v) is 12.7. The molecule has 0 spiro atoms. The van der Waals surface area contributed by atoms with Gasteiger partial charge in [-0.25, -0.2) is 4.39 Å². The Morgan fingerprint density at radius 3 is 2.26 bits per heavy atom. The number of carbonyl (C=O) groups is 1. The smallest absolute Gasteiger partial charge is 0.195 e. The number of hydrogen-bond acceptors (Lipinski definition) is 4. The first kappa shape index (κ1) is 21.7. The van der Waals surface area contributed by atoms with Crippen molar-refractivity contribution >= 4 is 51.7 Å². The Morgan fingerprint density at radius 2 is 1.56 bits per heavy atom. The van der Waals surface area contributed by atoms with Crippen molar-refractivity contribution in [2.75, 3.05) is 0 Å². The summed E-state index contributed by atoms with van der Waals surface area (Å²) in [7, 11) is 0. The van der Waals surface area contributed by atoms with Crippen LogP contribution in [-0.4, -0.2) is 10.9 Å². The molecule has 0 radical (unpaired) electrons. The molecule has 1 aliphatic carbocycles. The van der Waals surface area contributed by atoms with E-state index in [0.717, 1.165) is 15.2 Å². The normalized spacial score (nSPS) is 19.3. The Balaban J connectivity index is 1.77. The number of ketones is 1. The molecule has 0 fully saturated rings. The number of Topliss-reactive ketones (excluding diaryl/α,β-unsaturated/α-hetero) is 1. The topological polar surface area (TPSA) is 37.3 Å². The monoisotopic (exact) mass is 502 g/mol. The van der Waals surface area contributed by atoms with Crippen LogP contribution in [0, 0.1) is 5.82 Å². The molecule has 2 nitrogen and oxygen atoms in total. The van der Waals surface area contributed by atoms with Crippen LogP contribution in [0.25, 0.3) is 21.9 Å². The van der Waals surface area contributed by atoms with Gasteiger partial charge in [-0.05, 0) is 63.0 Å². The van der Waals surface area contributed by atoms with Gasteiger partial charge in [-0.15, -0.1) is 0 Å². The van der Waals surface area contributed by atoms with E-state index in [1.54, 1.807) is 18.2 Å². The molecule has 6 heteroatoms. The van der Waals surface area contributed by atoms with Crippen LogP contribution in [0.5, 0.6) is 0 Å². The average Bonchev–Trinajstić information content (AvgIpc) is 3.45. The molecular formula is C28H16ClFO2S2. The molecule has 6 rings (SSSR count). The van der Waals surface area contributed by atoms with Gasteiger partial charge < -0.3 is 5.11 Å². The minimum absolute atomic E-state index is 0.254. The maximum absolute atomic E-state index is 14.4. The van der Waals surface area contributed by atoms with Crippen LogP contribution in [0.4, 0.5) is 4.39 Å². The van der Waals surface area contributed by atoms with E-state index in [1.807, 2.05) is 59.3 Å². The molecule has 1 unspecified atom stereocenters. The third-order valence-corrected chi connectivity index (χ3v) is 8.63. The van der Waals surface area contributed by atoms with Gasteiger partial charge in [-0.3, -0.25) is 4.79 Å². The largest absolute Gasteiger partial charge is 0.376 e. The van der Waals surface area contributed by atoms with Gasteiger partial charge in [-0.2, -0.15) is 0 Å². The average molecular weight is 503 g/mol. The van der Waals surface area contributed by atoms with E-state index in [-0.39, 0.29) is 5.78 Å². The maximum Gasteiger partial charge on any atom is 0.195 e. The molecule has 0 amide bonds. The van der Waals surface area contributed by atoms with Crippen molar-refractivity contribution in [2.45, 2.75) is 5.60 Å². The van der Waals surface area contributed by atoms with Crippen molar-refractivity contribution < 1.29 is 14.3 Å². The molecule has 4 aromatic carbocycles. The van der Waals surface area contributed by atoms with Gasteiger partial charge in [0.25, 0.3) is 0 Å². The van der Waals surface area contributed by atoms with Gasteiger partial charge in [0.2, 0.25) is 0 Å². The predicted octanol–water partition coefficient (Wildman–Crippen LogP) is 7.89. The zero-order valence-corrected chi connectivity index (χ0v) is 20.0. The number of rotatable bonds is 2. The van der Waals surface area contributed by atoms with Crippen LogP contribution >= 0.6 is 35.1 Å². The molecule has 34 heavy (non-hydrogen) atoms. The van der Waals surface area contributed by atoms with E-state index in [2.05, 4.69) is 0 Å². The number of carbonyl (C=O) groups excluding carboxylic acids is 1. The van der Waals surface area contributed by atoms with E-state index in [4.69, 9.17) is 11.6 Å². The second-order valence-corrected chi connectivity index (χ2v) is 10.6. The molecule has 1 heterocycles. The lowest BCUT2D eigenvalue weighted by Gasteiger charge is -2.27. The molecule has 166 valence electrons. The molecule has 0 saturated carbocycles. The Morgan fingerprint density at radius 1 is 0.853 bits per heavy atom. The fourth-order valence-corrected chi connectivity index (χ4v) is 6.86. The van der Waals surface area contributed by atoms with Crippen LogP contribution in [0.2, 0.25) is 5.02 Å². The fourth-order valence-electron chi connectivity index (χ4n) is 4.77. The minimum atomic E-state index is -1.64. The van der Waals surface area contributed by atoms with Crippen LogP contribution < -0.4 is 0 Å². The number of fused-ring (bicyclic) bond motifs is 2. The van der Waals surface area contributed by atoms with Gasteiger partial charge in [0.05, 0.1) is 9.81 Å². The molecule has 1 N–H and O–H groups in total. The highest BCUT2D eigenvalue weighted by atomic mass is 35.5. The molecule has 1 atom stereocenters. The lowest BCUT2D eigenvalue weighted by molar-refractivity contribution is 0.0944. The van der Waals surface area contributed by atoms with Gasteiger partial charge in [0.15, 0.2) is 5.78 Å². The molecule has 0 saturated heterocycles. The zero-order chi connectivity index (χ0) is 23.4. The van der Waals surface area contributed by atoms with Crippen molar-refractivity contribution in [1.29, 1.82) is 0 Å². The summed E-state index contributed by atoms with van der Waals surface area (Å²) in [5.41, 5.74) is 1.53. The molecule has 0 bridgehead atoms. The van der Waals surface area contributed by atoms with Crippen molar-refractivity contribution in [3.63, 3.8) is 0 Å². The summed E-state index contributed by atoms with van der Waals surface area (Å²) in [6, 6.07) is 22.7. The summed E-state index contributed by atoms with van der Waals surface area (Å²) in [6.07, 6.45) is 0. The zero-order valence-electron chi connectivity index (χ0n) is 17.6. The highest BCUT2D eigenvalue weighted by Gasteiger charge is 2.51. The van der Waals surface area contributed by atoms with Gasteiger partial charge in [0.1, 0.15) is 11.4 Å². The Bertz CT molecular complexity index is 1530. The van der Waals surface area contributed by atoms with Gasteiger partial charge in [-0.1, -0.05) is 83.7 Å². The Labute approximate surface area is 209 Å². The van der Waals surface area contributed by atoms with E-state index in [9.17, 15) is 14.3 Å². The number of halogens is 2. The van der Waals surface area contributed by atoms with Crippen LogP contribution in [-0.2, 0) is 5.60 Å². The first-order valence-electron chi connectivity index (χ1n) is 10.6. The van der Waals surface area contributed by atoms with E-state index < -0.39 is 11.4 Å². The molecular weight excluding hydrogens is 487 g/mol. The van der Waals surface area contributed by atoms with E-state index in [0.29, 0.717) is 38.2 Å². The summed E-state index contributed by atoms with van der Waals surface area (Å²) in [5, 5.41) is 18.1. The fraction of sp³-hybridized carbons (Fsp3) is 0.0357. The first-order chi connectivity index (χ1) is 16.5. The van der Waals surface area contributed by atoms with Crippen molar-refractivity contribution in [1.82, 2.24) is 0 Å².